The molecule has 7 nitrogen and oxygen atoms in total. The van der Waals surface area contributed by atoms with Gasteiger partial charge in [-0.1, -0.05) is 24.3 Å². The number of carboxylic acid groups (broad SMARTS) is 1. The molecule has 4 rings (SSSR count). The van der Waals surface area contributed by atoms with Crippen LogP contribution in [0.2, 0.25) is 0 Å². The van der Waals surface area contributed by atoms with Crippen LogP contribution in [0.25, 0.3) is 23.4 Å². The number of rotatable bonds is 3. The topological polar surface area (TPSA) is 119 Å². The van der Waals surface area contributed by atoms with Crippen molar-refractivity contribution in [2.75, 3.05) is 6.54 Å². The van der Waals surface area contributed by atoms with Gasteiger partial charge in [0, 0.05) is 36.1 Å². The number of nitriles is 1. The number of hydrogen-bond donors (Lipinski definition) is 3. The zero-order chi connectivity index (χ0) is 24.0. The number of benzene rings is 1. The summed E-state index contributed by atoms with van der Waals surface area (Å²) in [5, 5.41) is 19.2. The van der Waals surface area contributed by atoms with Crippen molar-refractivity contribution in [2.24, 2.45) is 0 Å². The van der Waals surface area contributed by atoms with E-state index in [1.54, 1.807) is 12.3 Å². The van der Waals surface area contributed by atoms with E-state index in [1.165, 1.54) is 0 Å². The molecule has 1 amide bonds. The summed E-state index contributed by atoms with van der Waals surface area (Å²) in [7, 11) is 0. The molecule has 0 aliphatic carbocycles. The molecule has 1 aromatic carbocycles. The third kappa shape index (κ3) is 5.86. The number of pyridine rings is 1. The number of nitrogens with one attached hydrogen (secondary N) is 2. The van der Waals surface area contributed by atoms with Crippen LogP contribution in [-0.2, 0) is 11.2 Å². The number of aromatic amines is 1. The molecule has 0 bridgehead atoms. The molecule has 2 aromatic heterocycles. The third-order valence-electron chi connectivity index (χ3n) is 4.65. The van der Waals surface area contributed by atoms with Crippen LogP contribution in [0.3, 0.4) is 0 Å². The van der Waals surface area contributed by atoms with E-state index in [0.29, 0.717) is 17.7 Å². The first-order valence-corrected chi connectivity index (χ1v) is 9.63. The molecule has 0 atom stereocenters. The predicted molar refractivity (Wildman–Crippen MR) is 114 cm³/mol. The summed E-state index contributed by atoms with van der Waals surface area (Å²) in [6.45, 7) is 0.661. The van der Waals surface area contributed by atoms with Crippen molar-refractivity contribution in [1.29, 1.82) is 5.26 Å². The Morgan fingerprint density at radius 2 is 1.91 bits per heavy atom. The molecule has 0 radical (unpaired) electrons. The molecule has 1 aliphatic rings. The van der Waals surface area contributed by atoms with Crippen molar-refractivity contribution in [3.05, 3.63) is 76.7 Å². The van der Waals surface area contributed by atoms with Gasteiger partial charge in [0.2, 0.25) is 0 Å². The van der Waals surface area contributed by atoms with Crippen LogP contribution in [0.4, 0.5) is 13.2 Å². The molecule has 0 fully saturated rings. The van der Waals surface area contributed by atoms with E-state index < -0.39 is 12.1 Å². The fraction of sp³-hybridized carbons (Fsp3) is 0.130. The number of carboxylic acids is 1. The van der Waals surface area contributed by atoms with Gasteiger partial charge in [0.25, 0.3) is 5.91 Å². The Labute approximate surface area is 186 Å². The molecule has 3 N–H and O–H groups in total. The Morgan fingerprint density at radius 3 is 2.58 bits per heavy atom. The molecule has 1 aliphatic heterocycles. The van der Waals surface area contributed by atoms with Gasteiger partial charge in [-0.05, 0) is 35.9 Å². The van der Waals surface area contributed by atoms with E-state index in [1.807, 2.05) is 48.6 Å². The van der Waals surface area contributed by atoms with Crippen LogP contribution < -0.4 is 5.32 Å². The van der Waals surface area contributed by atoms with Gasteiger partial charge in [-0.25, -0.2) is 4.79 Å². The zero-order valence-corrected chi connectivity index (χ0v) is 17.0. The first-order chi connectivity index (χ1) is 15.7. The van der Waals surface area contributed by atoms with E-state index in [-0.39, 0.29) is 5.91 Å². The van der Waals surface area contributed by atoms with Gasteiger partial charge in [0.1, 0.15) is 0 Å². The van der Waals surface area contributed by atoms with Gasteiger partial charge in [-0.15, -0.1) is 0 Å². The zero-order valence-electron chi connectivity index (χ0n) is 17.0. The van der Waals surface area contributed by atoms with Gasteiger partial charge in [-0.2, -0.15) is 18.4 Å². The lowest BCUT2D eigenvalue weighted by atomic mass is 10.1. The normalized spacial score (nSPS) is 12.8. The molecule has 10 heteroatoms. The molecule has 0 saturated carbocycles. The van der Waals surface area contributed by atoms with Gasteiger partial charge in [-0.3, -0.25) is 9.78 Å². The van der Waals surface area contributed by atoms with Crippen LogP contribution in [-0.4, -0.2) is 39.7 Å². The molecule has 0 spiro atoms. The molecular weight excluding hydrogens is 437 g/mol. The van der Waals surface area contributed by atoms with E-state index in [2.05, 4.69) is 21.4 Å². The lowest BCUT2D eigenvalue weighted by molar-refractivity contribution is -0.192. The quantitative estimate of drug-likeness (QED) is 0.552. The number of carbonyl (C=O) groups excluding carboxylic acids is 1. The molecule has 168 valence electrons. The van der Waals surface area contributed by atoms with Crippen molar-refractivity contribution < 1.29 is 27.9 Å². The maximum atomic E-state index is 11.9. The van der Waals surface area contributed by atoms with Crippen LogP contribution in [0.5, 0.6) is 0 Å². The van der Waals surface area contributed by atoms with E-state index in [0.717, 1.165) is 34.6 Å². The van der Waals surface area contributed by atoms with E-state index in [4.69, 9.17) is 9.90 Å². The van der Waals surface area contributed by atoms with Crippen LogP contribution in [0, 0.1) is 11.3 Å². The summed E-state index contributed by atoms with van der Waals surface area (Å²) in [5.41, 5.74) is 5.82. The Balaban J connectivity index is 0.000000383. The van der Waals surface area contributed by atoms with Gasteiger partial charge in [0.15, 0.2) is 0 Å². The maximum absolute atomic E-state index is 11.9. The number of nitrogens with zero attached hydrogens (tertiary/aromatic N) is 2. The standard InChI is InChI=1S/C21H16N4O.C2HF3O2/c22-13-16-4-2-1-3-14(16)5-6-17-11-15(7-9-23-17)20-12-18-19(25-20)8-10-24-21(18)26;3-2(4,5)1(6)7/h1-7,9,11-12,25H,8,10H2,(H,24,26);(H,6,7)/b6-5+;. The van der Waals surface area contributed by atoms with E-state index >= 15 is 0 Å². The summed E-state index contributed by atoms with van der Waals surface area (Å²) in [6.07, 6.45) is 1.24. The second-order valence-corrected chi connectivity index (χ2v) is 6.89. The number of H-pyrrole nitrogens is 1. The minimum Gasteiger partial charge on any atom is -0.475 e. The van der Waals surface area contributed by atoms with Gasteiger partial charge >= 0.3 is 12.1 Å². The number of aromatic nitrogens is 2. The average Bonchev–Trinajstić information content (AvgIpc) is 3.24. The first-order valence-electron chi connectivity index (χ1n) is 9.63. The van der Waals surface area contributed by atoms with Crippen molar-refractivity contribution in [3.8, 4) is 17.3 Å². The Hall–Kier alpha value is -4.39. The number of hydrogen-bond acceptors (Lipinski definition) is 4. The number of amides is 1. The summed E-state index contributed by atoms with van der Waals surface area (Å²) in [5.74, 6) is -2.79. The number of aliphatic carboxylic acids is 1. The van der Waals surface area contributed by atoms with Crippen LogP contribution >= 0.6 is 0 Å². The highest BCUT2D eigenvalue weighted by atomic mass is 19.4. The molecule has 0 saturated heterocycles. The number of halogens is 3. The summed E-state index contributed by atoms with van der Waals surface area (Å²) in [4.78, 5) is 28.5. The third-order valence-corrected chi connectivity index (χ3v) is 4.65. The summed E-state index contributed by atoms with van der Waals surface area (Å²) >= 11 is 0. The molecule has 3 heterocycles. The molecular formula is C23H17F3N4O3. The largest absolute Gasteiger partial charge is 0.490 e. The summed E-state index contributed by atoms with van der Waals surface area (Å²) < 4.78 is 31.7. The fourth-order valence-electron chi connectivity index (χ4n) is 3.08. The highest BCUT2D eigenvalue weighted by molar-refractivity contribution is 5.97. The Bertz CT molecular complexity index is 1260. The van der Waals surface area contributed by atoms with E-state index in [9.17, 15) is 23.2 Å². The first kappa shape index (κ1) is 23.3. The second kappa shape index (κ2) is 9.82. The Kier molecular flexibility index (Phi) is 6.93. The van der Waals surface area contributed by atoms with Crippen molar-refractivity contribution >= 4 is 24.0 Å². The molecule has 3 aromatic rings. The second-order valence-electron chi connectivity index (χ2n) is 6.89. The summed E-state index contributed by atoms with van der Waals surface area (Å²) in [6, 6.07) is 15.4. The number of alkyl halides is 3. The van der Waals surface area contributed by atoms with Crippen molar-refractivity contribution in [1.82, 2.24) is 15.3 Å². The highest BCUT2D eigenvalue weighted by Crippen LogP contribution is 2.24. The molecule has 0 unspecified atom stereocenters. The Morgan fingerprint density at radius 1 is 1.18 bits per heavy atom. The minimum absolute atomic E-state index is 0.0314. The van der Waals surface area contributed by atoms with Crippen LogP contribution in [0.1, 0.15) is 32.9 Å². The number of fused-ring (bicyclic) bond motifs is 1. The SMILES string of the molecule is N#Cc1ccccc1/C=C/c1cc(-c2cc3c([nH]2)CCNC3=O)ccn1.O=C(O)C(F)(F)F. The lowest BCUT2D eigenvalue weighted by Crippen LogP contribution is -2.31. The van der Waals surface area contributed by atoms with Gasteiger partial charge in [0.05, 0.1) is 22.9 Å². The van der Waals surface area contributed by atoms with Crippen molar-refractivity contribution in [3.63, 3.8) is 0 Å². The fourth-order valence-corrected chi connectivity index (χ4v) is 3.08. The predicted octanol–water partition coefficient (Wildman–Crippen LogP) is 4.04. The maximum Gasteiger partial charge on any atom is 0.490 e. The van der Waals surface area contributed by atoms with Crippen molar-refractivity contribution in [2.45, 2.75) is 12.6 Å². The lowest BCUT2D eigenvalue weighted by Gasteiger charge is -2.10. The average molecular weight is 454 g/mol. The molecule has 33 heavy (non-hydrogen) atoms. The van der Waals surface area contributed by atoms with Gasteiger partial charge < -0.3 is 15.4 Å². The highest BCUT2D eigenvalue weighted by Gasteiger charge is 2.38. The monoisotopic (exact) mass is 454 g/mol. The number of carbonyl (C=O) groups is 2. The van der Waals surface area contributed by atoms with Crippen LogP contribution in [0.15, 0.2) is 48.7 Å². The minimum atomic E-state index is -5.08. The smallest absolute Gasteiger partial charge is 0.475 e.